The van der Waals surface area contributed by atoms with Gasteiger partial charge in [0.05, 0.1) is 0 Å². The fourth-order valence-corrected chi connectivity index (χ4v) is 1.85. The minimum atomic E-state index is 0.301. The van der Waals surface area contributed by atoms with Crippen molar-refractivity contribution in [1.29, 1.82) is 0 Å². The molecule has 1 N–H and O–H groups in total. The zero-order chi connectivity index (χ0) is 10.8. The third-order valence-corrected chi connectivity index (χ3v) is 2.54. The summed E-state index contributed by atoms with van der Waals surface area (Å²) in [4.78, 5) is 0. The average Bonchev–Trinajstić information content (AvgIpc) is 2.17. The van der Waals surface area contributed by atoms with Crippen molar-refractivity contribution in [3.63, 3.8) is 0 Å². The summed E-state index contributed by atoms with van der Waals surface area (Å²) < 4.78 is 0. The van der Waals surface area contributed by atoms with Crippen molar-refractivity contribution in [3.8, 4) is 16.9 Å². The van der Waals surface area contributed by atoms with Crippen molar-refractivity contribution in [2.45, 2.75) is 13.8 Å². The van der Waals surface area contributed by atoms with Crippen LogP contribution in [-0.4, -0.2) is 5.11 Å². The van der Waals surface area contributed by atoms with Gasteiger partial charge in [0.2, 0.25) is 0 Å². The monoisotopic (exact) mass is 197 g/mol. The molecule has 0 bridgehead atoms. The molecule has 0 amide bonds. The Morgan fingerprint density at radius 2 is 1.93 bits per heavy atom. The number of phenolic OH excluding ortho intramolecular Hbond substituents is 1. The van der Waals surface area contributed by atoms with E-state index in [4.69, 9.17) is 0 Å². The van der Waals surface area contributed by atoms with Crippen molar-refractivity contribution in [1.82, 2.24) is 0 Å². The van der Waals surface area contributed by atoms with Crippen LogP contribution in [-0.2, 0) is 0 Å². The minimum Gasteiger partial charge on any atom is -0.508 e. The van der Waals surface area contributed by atoms with Crippen LogP contribution in [0.15, 0.2) is 36.4 Å². The van der Waals surface area contributed by atoms with Crippen LogP contribution >= 0.6 is 0 Å². The fourth-order valence-electron chi connectivity index (χ4n) is 1.85. The molecule has 0 aliphatic carbocycles. The topological polar surface area (TPSA) is 20.2 Å². The van der Waals surface area contributed by atoms with Crippen LogP contribution in [0, 0.1) is 19.9 Å². The first-order chi connectivity index (χ1) is 7.18. The van der Waals surface area contributed by atoms with Gasteiger partial charge >= 0.3 is 0 Å². The van der Waals surface area contributed by atoms with Crippen LogP contribution in [0.1, 0.15) is 11.1 Å². The number of aryl methyl sites for hydroxylation is 2. The predicted molar refractivity (Wildman–Crippen MR) is 61.9 cm³/mol. The summed E-state index contributed by atoms with van der Waals surface area (Å²) in [7, 11) is 0. The molecular formula is C14H13O. The normalized spacial score (nSPS) is 10.3. The Morgan fingerprint density at radius 1 is 1.13 bits per heavy atom. The number of hydrogen-bond donors (Lipinski definition) is 1. The van der Waals surface area contributed by atoms with Crippen molar-refractivity contribution in [2.24, 2.45) is 0 Å². The highest BCUT2D eigenvalue weighted by Crippen LogP contribution is 2.28. The van der Waals surface area contributed by atoms with Gasteiger partial charge in [-0.15, -0.1) is 0 Å². The van der Waals surface area contributed by atoms with E-state index >= 15 is 0 Å². The number of rotatable bonds is 1. The van der Waals surface area contributed by atoms with Gasteiger partial charge in [-0.2, -0.15) is 0 Å². The van der Waals surface area contributed by atoms with Gasteiger partial charge in [-0.3, -0.25) is 0 Å². The molecule has 0 unspecified atom stereocenters. The maximum Gasteiger partial charge on any atom is 0.116 e. The van der Waals surface area contributed by atoms with E-state index in [2.05, 4.69) is 13.0 Å². The van der Waals surface area contributed by atoms with Crippen LogP contribution in [0.5, 0.6) is 5.75 Å². The van der Waals surface area contributed by atoms with Gasteiger partial charge in [-0.1, -0.05) is 24.3 Å². The molecule has 0 saturated carbocycles. The Morgan fingerprint density at radius 3 is 2.60 bits per heavy atom. The van der Waals surface area contributed by atoms with Gasteiger partial charge in [-0.05, 0) is 54.3 Å². The van der Waals surface area contributed by atoms with E-state index in [1.165, 1.54) is 5.56 Å². The molecule has 1 heteroatoms. The molecule has 0 heterocycles. The maximum absolute atomic E-state index is 9.45. The van der Waals surface area contributed by atoms with E-state index < -0.39 is 0 Å². The summed E-state index contributed by atoms with van der Waals surface area (Å²) in [5.41, 5.74) is 4.52. The Balaban J connectivity index is 2.63. The SMILES string of the molecule is Cc1[c]ccc(C)c1-c1cccc(O)c1. The maximum atomic E-state index is 9.45. The lowest BCUT2D eigenvalue weighted by molar-refractivity contribution is 0.475. The van der Waals surface area contributed by atoms with E-state index in [9.17, 15) is 5.11 Å². The van der Waals surface area contributed by atoms with E-state index in [-0.39, 0.29) is 0 Å². The number of benzene rings is 2. The highest BCUT2D eigenvalue weighted by molar-refractivity contribution is 5.71. The highest BCUT2D eigenvalue weighted by atomic mass is 16.3. The molecule has 0 atom stereocenters. The zero-order valence-electron chi connectivity index (χ0n) is 8.91. The molecule has 0 aromatic heterocycles. The lowest BCUT2D eigenvalue weighted by atomic mass is 9.96. The molecule has 1 nitrogen and oxygen atoms in total. The number of phenols is 1. The van der Waals surface area contributed by atoms with Crippen molar-refractivity contribution in [2.75, 3.05) is 0 Å². The zero-order valence-corrected chi connectivity index (χ0v) is 8.91. The Hall–Kier alpha value is -1.76. The molecule has 0 spiro atoms. The Labute approximate surface area is 90.0 Å². The Bertz CT molecular complexity index is 466. The third-order valence-electron chi connectivity index (χ3n) is 2.54. The molecule has 2 aromatic rings. The smallest absolute Gasteiger partial charge is 0.116 e. The number of hydrogen-bond acceptors (Lipinski definition) is 1. The molecule has 0 saturated heterocycles. The van der Waals surface area contributed by atoms with Crippen molar-refractivity contribution >= 4 is 0 Å². The molecule has 0 aliphatic rings. The van der Waals surface area contributed by atoms with Gasteiger partial charge in [0, 0.05) is 0 Å². The highest BCUT2D eigenvalue weighted by Gasteiger charge is 2.05. The first-order valence-electron chi connectivity index (χ1n) is 4.96. The first kappa shape index (κ1) is 9.78. The van der Waals surface area contributed by atoms with Crippen LogP contribution in [0.2, 0.25) is 0 Å². The summed E-state index contributed by atoms with van der Waals surface area (Å²) in [5, 5.41) is 9.45. The average molecular weight is 197 g/mol. The summed E-state index contributed by atoms with van der Waals surface area (Å²) in [6.45, 7) is 4.10. The molecule has 75 valence electrons. The van der Waals surface area contributed by atoms with Crippen molar-refractivity contribution < 1.29 is 5.11 Å². The first-order valence-corrected chi connectivity index (χ1v) is 4.96. The summed E-state index contributed by atoms with van der Waals surface area (Å²) >= 11 is 0. The van der Waals surface area contributed by atoms with Crippen LogP contribution in [0.4, 0.5) is 0 Å². The molecule has 2 aromatic carbocycles. The molecule has 1 radical (unpaired) electrons. The number of aromatic hydroxyl groups is 1. The van der Waals surface area contributed by atoms with Gasteiger partial charge in [-0.25, -0.2) is 0 Å². The molecule has 15 heavy (non-hydrogen) atoms. The molecule has 0 fully saturated rings. The second-order valence-corrected chi connectivity index (χ2v) is 3.71. The predicted octanol–water partition coefficient (Wildman–Crippen LogP) is 3.48. The Kier molecular flexibility index (Phi) is 2.46. The summed E-state index contributed by atoms with van der Waals surface area (Å²) in [5.74, 6) is 0.301. The standard InChI is InChI=1S/C14H13O/c1-10-5-3-6-11(2)14(10)12-7-4-8-13(15)9-12/h3-5,7-9,15H,1-2H3. The van der Waals surface area contributed by atoms with E-state index in [0.29, 0.717) is 5.75 Å². The lowest BCUT2D eigenvalue weighted by Crippen LogP contribution is -1.87. The largest absolute Gasteiger partial charge is 0.508 e. The second-order valence-electron chi connectivity index (χ2n) is 3.71. The third kappa shape index (κ3) is 1.86. The van der Waals surface area contributed by atoms with E-state index in [0.717, 1.165) is 16.7 Å². The van der Waals surface area contributed by atoms with Crippen molar-refractivity contribution in [3.05, 3.63) is 53.6 Å². The molecule has 2 rings (SSSR count). The quantitative estimate of drug-likeness (QED) is 0.742. The second kappa shape index (κ2) is 3.77. The van der Waals surface area contributed by atoms with Gasteiger partial charge in [0.1, 0.15) is 5.75 Å². The molecule has 0 aliphatic heterocycles. The van der Waals surface area contributed by atoms with Gasteiger partial charge in [0.25, 0.3) is 0 Å². The van der Waals surface area contributed by atoms with Gasteiger partial charge < -0.3 is 5.11 Å². The summed E-state index contributed by atoms with van der Waals surface area (Å²) in [6.07, 6.45) is 0. The minimum absolute atomic E-state index is 0.301. The van der Waals surface area contributed by atoms with E-state index in [1.54, 1.807) is 12.1 Å². The van der Waals surface area contributed by atoms with Gasteiger partial charge in [0.15, 0.2) is 0 Å². The lowest BCUT2D eigenvalue weighted by Gasteiger charge is -2.09. The van der Waals surface area contributed by atoms with Crippen LogP contribution in [0.3, 0.4) is 0 Å². The fraction of sp³-hybridized carbons (Fsp3) is 0.143. The molecular weight excluding hydrogens is 184 g/mol. The van der Waals surface area contributed by atoms with Crippen LogP contribution < -0.4 is 0 Å². The van der Waals surface area contributed by atoms with E-state index in [1.807, 2.05) is 31.2 Å². The summed E-state index contributed by atoms with van der Waals surface area (Å²) in [6, 6.07) is 14.5. The van der Waals surface area contributed by atoms with Crippen LogP contribution in [0.25, 0.3) is 11.1 Å².